The lowest BCUT2D eigenvalue weighted by molar-refractivity contribution is -0.137. The number of amides is 1. The first-order chi connectivity index (χ1) is 18.0. The lowest BCUT2D eigenvalue weighted by Crippen LogP contribution is -2.31. The van der Waals surface area contributed by atoms with Crippen molar-refractivity contribution >= 4 is 57.9 Å². The first-order valence-corrected chi connectivity index (χ1v) is 13.8. The summed E-state index contributed by atoms with van der Waals surface area (Å²) in [6.45, 7) is 3.15. The van der Waals surface area contributed by atoms with Gasteiger partial charge in [0.25, 0.3) is 5.91 Å². The Balaban J connectivity index is 1.49. The second-order valence-electron chi connectivity index (χ2n) is 9.20. The maximum atomic E-state index is 13.2. The second-order valence-corrected chi connectivity index (χ2v) is 10.9. The number of nitrogens with one attached hydrogen (secondary N) is 2. The molecule has 2 aliphatic rings. The molecule has 3 aromatic rings. The van der Waals surface area contributed by atoms with E-state index in [1.54, 1.807) is 12.1 Å². The van der Waals surface area contributed by atoms with Crippen LogP contribution in [-0.2, 0) is 22.6 Å². The van der Waals surface area contributed by atoms with Crippen molar-refractivity contribution in [2.45, 2.75) is 19.4 Å². The minimum atomic E-state index is -0.841. The molecule has 0 radical (unpaired) electrons. The Kier molecular flexibility index (Phi) is 7.84. The molecule has 2 aliphatic heterocycles. The number of rotatable bonds is 8. The molecule has 0 atom stereocenters. The fourth-order valence-electron chi connectivity index (χ4n) is 4.66. The quantitative estimate of drug-likeness (QED) is 0.316. The van der Waals surface area contributed by atoms with Gasteiger partial charge in [-0.25, -0.2) is 0 Å². The molecule has 6 nitrogen and oxygen atoms in total. The zero-order valence-electron chi connectivity index (χ0n) is 20.3. The van der Waals surface area contributed by atoms with Crippen LogP contribution >= 0.6 is 23.4 Å². The molecule has 3 N–H and O–H groups in total. The molecular weight excluding hydrogens is 506 g/mol. The van der Waals surface area contributed by atoms with E-state index in [2.05, 4.69) is 27.7 Å². The van der Waals surface area contributed by atoms with Crippen LogP contribution in [-0.4, -0.2) is 46.5 Å². The number of carbonyl (C=O) groups excluding carboxylic acids is 1. The third-order valence-corrected chi connectivity index (χ3v) is 7.73. The Morgan fingerprint density at radius 3 is 2.57 bits per heavy atom. The number of thioether (sulfide) groups is 1. The number of benzene rings is 3. The molecule has 2 heterocycles. The monoisotopic (exact) mass is 533 g/mol. The second kappa shape index (κ2) is 11.4. The van der Waals surface area contributed by atoms with Crippen LogP contribution in [0.5, 0.6) is 0 Å². The molecule has 190 valence electrons. The van der Waals surface area contributed by atoms with Crippen LogP contribution in [0, 0.1) is 0 Å². The number of nitrogens with zero attached hydrogens (tertiary/aromatic N) is 1. The highest BCUT2D eigenvalue weighted by molar-refractivity contribution is 7.99. The molecule has 1 fully saturated rings. The van der Waals surface area contributed by atoms with E-state index in [-0.39, 0.29) is 12.3 Å². The van der Waals surface area contributed by atoms with E-state index >= 15 is 0 Å². The number of halogens is 1. The normalized spacial score (nSPS) is 16.7. The van der Waals surface area contributed by atoms with Crippen LogP contribution in [0.1, 0.15) is 28.7 Å². The molecule has 3 aromatic carbocycles. The van der Waals surface area contributed by atoms with Crippen LogP contribution in [0.15, 0.2) is 66.7 Å². The first kappa shape index (κ1) is 25.4. The largest absolute Gasteiger partial charge is 0.481 e. The van der Waals surface area contributed by atoms with Gasteiger partial charge in [-0.3, -0.25) is 14.5 Å². The van der Waals surface area contributed by atoms with Crippen LogP contribution in [0.3, 0.4) is 0 Å². The number of carboxylic acid groups (broad SMARTS) is 1. The summed E-state index contributed by atoms with van der Waals surface area (Å²) in [5.74, 6) is 1.30. The van der Waals surface area contributed by atoms with E-state index in [1.165, 1.54) is 17.1 Å². The van der Waals surface area contributed by atoms with Gasteiger partial charge < -0.3 is 15.7 Å². The topological polar surface area (TPSA) is 81.7 Å². The van der Waals surface area contributed by atoms with Crippen molar-refractivity contribution in [1.82, 2.24) is 4.90 Å². The van der Waals surface area contributed by atoms with Crippen LogP contribution in [0.25, 0.3) is 11.3 Å². The fraction of sp³-hybridized carbons (Fsp3) is 0.241. The molecule has 0 aliphatic carbocycles. The van der Waals surface area contributed by atoms with Crippen molar-refractivity contribution in [2.75, 3.05) is 35.2 Å². The van der Waals surface area contributed by atoms with Crippen molar-refractivity contribution in [3.63, 3.8) is 0 Å². The molecule has 0 spiro atoms. The number of carbonyl (C=O) groups is 2. The predicted molar refractivity (Wildman–Crippen MR) is 152 cm³/mol. The number of anilines is 2. The lowest BCUT2D eigenvalue weighted by Gasteiger charge is -2.26. The lowest BCUT2D eigenvalue weighted by atomic mass is 9.97. The van der Waals surface area contributed by atoms with Crippen LogP contribution < -0.4 is 10.6 Å². The van der Waals surface area contributed by atoms with Gasteiger partial charge in [-0.15, -0.1) is 0 Å². The zero-order valence-corrected chi connectivity index (χ0v) is 21.9. The van der Waals surface area contributed by atoms with Gasteiger partial charge in [-0.05, 0) is 53.4 Å². The van der Waals surface area contributed by atoms with Gasteiger partial charge in [0, 0.05) is 53.8 Å². The molecule has 8 heteroatoms. The maximum Gasteiger partial charge on any atom is 0.303 e. The minimum absolute atomic E-state index is 0.0434. The predicted octanol–water partition coefficient (Wildman–Crippen LogP) is 5.84. The van der Waals surface area contributed by atoms with Gasteiger partial charge in [0.05, 0.1) is 17.0 Å². The van der Waals surface area contributed by atoms with Gasteiger partial charge in [-0.1, -0.05) is 48.0 Å². The third kappa shape index (κ3) is 6.18. The van der Waals surface area contributed by atoms with Gasteiger partial charge in [0.2, 0.25) is 0 Å². The summed E-state index contributed by atoms with van der Waals surface area (Å²) in [6, 6.07) is 21.4. The highest BCUT2D eigenvalue weighted by atomic mass is 35.5. The van der Waals surface area contributed by atoms with Gasteiger partial charge in [0.15, 0.2) is 0 Å². The number of hydrogen-bond acceptors (Lipinski definition) is 5. The average Bonchev–Trinajstić information content (AvgIpc) is 3.22. The van der Waals surface area contributed by atoms with Crippen molar-refractivity contribution in [2.24, 2.45) is 0 Å². The maximum absolute atomic E-state index is 13.2. The summed E-state index contributed by atoms with van der Waals surface area (Å²) >= 11 is 8.18. The van der Waals surface area contributed by atoms with Gasteiger partial charge in [0.1, 0.15) is 0 Å². The molecule has 0 unspecified atom stereocenters. The van der Waals surface area contributed by atoms with E-state index in [0.29, 0.717) is 28.4 Å². The molecule has 1 amide bonds. The summed E-state index contributed by atoms with van der Waals surface area (Å²) in [5.41, 5.74) is 6.45. The first-order valence-electron chi connectivity index (χ1n) is 12.3. The van der Waals surface area contributed by atoms with E-state index in [0.717, 1.165) is 42.0 Å². The highest BCUT2D eigenvalue weighted by Gasteiger charge is 2.28. The fourth-order valence-corrected chi connectivity index (χ4v) is 5.81. The highest BCUT2D eigenvalue weighted by Crippen LogP contribution is 2.39. The van der Waals surface area contributed by atoms with Crippen molar-refractivity contribution in [1.29, 1.82) is 0 Å². The Morgan fingerprint density at radius 1 is 1.03 bits per heavy atom. The number of aryl methyl sites for hydroxylation is 1. The van der Waals surface area contributed by atoms with Crippen LogP contribution in [0.4, 0.5) is 11.4 Å². The van der Waals surface area contributed by atoms with Crippen molar-refractivity contribution in [3.05, 3.63) is 94.0 Å². The van der Waals surface area contributed by atoms with E-state index in [4.69, 9.17) is 16.7 Å². The van der Waals surface area contributed by atoms with Crippen LogP contribution in [0.2, 0.25) is 5.02 Å². The van der Waals surface area contributed by atoms with E-state index in [9.17, 15) is 9.59 Å². The van der Waals surface area contributed by atoms with E-state index in [1.807, 2.05) is 54.2 Å². The summed E-state index contributed by atoms with van der Waals surface area (Å²) < 4.78 is 0. The molecular formula is C29H28ClN3O3S. The Labute approximate surface area is 225 Å². The summed E-state index contributed by atoms with van der Waals surface area (Å²) in [6.07, 6.45) is 0.454. The number of hydrogen-bond donors (Lipinski definition) is 3. The molecule has 0 bridgehead atoms. The SMILES string of the molecule is O=C(O)CCc1cccc(C(Nc2ccc(CN3CCSCC3)cc2)=C2C(=O)Nc3cc(Cl)ccc32)c1. The van der Waals surface area contributed by atoms with Gasteiger partial charge in [-0.2, -0.15) is 11.8 Å². The molecule has 1 saturated heterocycles. The third-order valence-electron chi connectivity index (χ3n) is 6.55. The Bertz CT molecular complexity index is 1350. The number of fused-ring (bicyclic) bond motifs is 1. The number of carboxylic acids is 1. The van der Waals surface area contributed by atoms with Gasteiger partial charge >= 0.3 is 5.97 Å². The summed E-state index contributed by atoms with van der Waals surface area (Å²) in [5, 5.41) is 16.1. The zero-order chi connectivity index (χ0) is 25.8. The summed E-state index contributed by atoms with van der Waals surface area (Å²) in [7, 11) is 0. The molecule has 5 rings (SSSR count). The molecule has 0 saturated carbocycles. The molecule has 37 heavy (non-hydrogen) atoms. The Morgan fingerprint density at radius 2 is 1.81 bits per heavy atom. The van der Waals surface area contributed by atoms with E-state index < -0.39 is 5.97 Å². The molecule has 0 aromatic heterocycles. The smallest absolute Gasteiger partial charge is 0.303 e. The van der Waals surface area contributed by atoms with Crippen molar-refractivity contribution in [3.8, 4) is 0 Å². The minimum Gasteiger partial charge on any atom is -0.481 e. The van der Waals surface area contributed by atoms with Crippen molar-refractivity contribution < 1.29 is 14.7 Å². The standard InChI is InChI=1S/C29H28ClN3O3S/c30-22-7-10-24-25(17-22)32-29(36)27(24)28(21-3-1-2-19(16-21)6-11-26(34)35)31-23-8-4-20(5-9-23)18-33-12-14-37-15-13-33/h1-5,7-10,16-17,31H,6,11-15,18H2,(H,32,36)(H,34,35). The Hall–Kier alpha value is -3.26. The summed E-state index contributed by atoms with van der Waals surface area (Å²) in [4.78, 5) is 26.8. The average molecular weight is 534 g/mol. The number of aliphatic carboxylic acids is 1.